The summed E-state index contributed by atoms with van der Waals surface area (Å²) < 4.78 is 16.7. The van der Waals surface area contributed by atoms with Gasteiger partial charge in [0.05, 0.1) is 14.2 Å². The molecule has 0 aliphatic carbocycles. The summed E-state index contributed by atoms with van der Waals surface area (Å²) in [4.78, 5) is 11.1. The quantitative estimate of drug-likeness (QED) is 0.311. The van der Waals surface area contributed by atoms with Crippen LogP contribution < -0.4 is 9.47 Å². The van der Waals surface area contributed by atoms with E-state index in [1.165, 1.54) is 6.08 Å². The summed E-state index contributed by atoms with van der Waals surface area (Å²) in [6.07, 6.45) is 1.32. The standard InChI is InChI=1S/C26H19NO5/c1-30-22-10-9-19(13-25(22)31-2)17-5-7-18(8-6-17)24-14-20-4-3-16(12-23(20)32-24)11-21(15-27)26(28)29/h3-14H,1-2H3,(H,28,29)/b21-11-. The van der Waals surface area contributed by atoms with Gasteiger partial charge in [0.25, 0.3) is 0 Å². The first kappa shape index (κ1) is 20.8. The van der Waals surface area contributed by atoms with Crippen LogP contribution >= 0.6 is 0 Å². The fourth-order valence-electron chi connectivity index (χ4n) is 3.43. The molecule has 0 fully saturated rings. The molecule has 0 aliphatic rings. The van der Waals surface area contributed by atoms with Gasteiger partial charge in [-0.15, -0.1) is 0 Å². The van der Waals surface area contributed by atoms with E-state index < -0.39 is 5.97 Å². The number of hydrogen-bond donors (Lipinski definition) is 1. The fraction of sp³-hybridized carbons (Fsp3) is 0.0769. The Bertz CT molecular complexity index is 1370. The lowest BCUT2D eigenvalue weighted by molar-refractivity contribution is -0.132. The van der Waals surface area contributed by atoms with Crippen LogP contribution in [0.3, 0.4) is 0 Å². The normalized spacial score (nSPS) is 11.2. The number of furan rings is 1. The summed E-state index contributed by atoms with van der Waals surface area (Å²) in [6.45, 7) is 0. The average molecular weight is 425 g/mol. The summed E-state index contributed by atoms with van der Waals surface area (Å²) in [6, 6.07) is 22.6. The molecule has 0 saturated carbocycles. The van der Waals surface area contributed by atoms with E-state index in [-0.39, 0.29) is 5.57 Å². The molecule has 1 N–H and O–H groups in total. The van der Waals surface area contributed by atoms with Crippen LogP contribution in [0.4, 0.5) is 0 Å². The Hall–Kier alpha value is -4.50. The van der Waals surface area contributed by atoms with Crippen molar-refractivity contribution >= 4 is 23.0 Å². The molecular weight excluding hydrogens is 406 g/mol. The molecule has 158 valence electrons. The molecule has 4 rings (SSSR count). The van der Waals surface area contributed by atoms with Crippen molar-refractivity contribution in [3.63, 3.8) is 0 Å². The SMILES string of the molecule is COc1ccc(-c2ccc(-c3cc4ccc(/C=C(/C#N)C(=O)O)cc4o3)cc2)cc1OC. The van der Waals surface area contributed by atoms with Gasteiger partial charge in [-0.3, -0.25) is 0 Å². The predicted molar refractivity (Wildman–Crippen MR) is 121 cm³/mol. The Morgan fingerprint density at radius 1 is 0.906 bits per heavy atom. The van der Waals surface area contributed by atoms with Crippen LogP contribution in [0.2, 0.25) is 0 Å². The van der Waals surface area contributed by atoms with E-state index in [1.54, 1.807) is 32.4 Å². The third-order valence-corrected chi connectivity index (χ3v) is 5.09. The number of methoxy groups -OCH3 is 2. The minimum Gasteiger partial charge on any atom is -0.493 e. The number of hydrogen-bond acceptors (Lipinski definition) is 5. The molecule has 0 unspecified atom stereocenters. The van der Waals surface area contributed by atoms with Crippen LogP contribution in [0.1, 0.15) is 5.56 Å². The zero-order valence-electron chi connectivity index (χ0n) is 17.5. The van der Waals surface area contributed by atoms with E-state index in [2.05, 4.69) is 0 Å². The lowest BCUT2D eigenvalue weighted by Gasteiger charge is -2.10. The third kappa shape index (κ3) is 4.05. The molecule has 3 aromatic carbocycles. The first-order valence-corrected chi connectivity index (χ1v) is 9.74. The Morgan fingerprint density at radius 2 is 1.59 bits per heavy atom. The fourth-order valence-corrected chi connectivity index (χ4v) is 3.43. The number of carboxylic acid groups (broad SMARTS) is 1. The summed E-state index contributed by atoms with van der Waals surface area (Å²) in [5.74, 6) is 0.773. The minimum atomic E-state index is -1.26. The average Bonchev–Trinajstić information content (AvgIpc) is 3.25. The molecule has 32 heavy (non-hydrogen) atoms. The summed E-state index contributed by atoms with van der Waals surface area (Å²) in [5, 5.41) is 18.9. The molecule has 0 saturated heterocycles. The van der Waals surface area contributed by atoms with E-state index in [4.69, 9.17) is 24.3 Å². The maximum absolute atomic E-state index is 11.1. The Labute approximate surface area is 184 Å². The highest BCUT2D eigenvalue weighted by Crippen LogP contribution is 2.34. The summed E-state index contributed by atoms with van der Waals surface area (Å²) in [7, 11) is 3.21. The first-order chi connectivity index (χ1) is 15.5. The highest BCUT2D eigenvalue weighted by molar-refractivity contribution is 5.97. The Balaban J connectivity index is 1.64. The zero-order chi connectivity index (χ0) is 22.7. The zero-order valence-corrected chi connectivity index (χ0v) is 17.5. The maximum atomic E-state index is 11.1. The molecule has 1 heterocycles. The molecule has 6 nitrogen and oxygen atoms in total. The van der Waals surface area contributed by atoms with E-state index in [9.17, 15) is 4.79 Å². The number of fused-ring (bicyclic) bond motifs is 1. The lowest BCUT2D eigenvalue weighted by atomic mass is 10.0. The van der Waals surface area contributed by atoms with Gasteiger partial charge in [-0.25, -0.2) is 4.79 Å². The molecule has 4 aromatic rings. The number of aliphatic carboxylic acids is 1. The molecule has 0 bridgehead atoms. The van der Waals surface area contributed by atoms with Crippen molar-refractivity contribution in [1.29, 1.82) is 5.26 Å². The number of ether oxygens (including phenoxy) is 2. The molecule has 0 spiro atoms. The van der Waals surface area contributed by atoms with Crippen molar-refractivity contribution in [3.8, 4) is 40.0 Å². The number of carboxylic acids is 1. The molecule has 0 radical (unpaired) electrons. The van der Waals surface area contributed by atoms with Gasteiger partial charge in [0, 0.05) is 10.9 Å². The van der Waals surface area contributed by atoms with Gasteiger partial charge >= 0.3 is 5.97 Å². The third-order valence-electron chi connectivity index (χ3n) is 5.09. The van der Waals surface area contributed by atoms with Crippen molar-refractivity contribution in [2.24, 2.45) is 0 Å². The van der Waals surface area contributed by atoms with Crippen molar-refractivity contribution in [1.82, 2.24) is 0 Å². The molecule has 1 aromatic heterocycles. The molecular formula is C26H19NO5. The topological polar surface area (TPSA) is 92.7 Å². The monoisotopic (exact) mass is 425 g/mol. The molecule has 0 amide bonds. The van der Waals surface area contributed by atoms with E-state index in [0.717, 1.165) is 22.1 Å². The van der Waals surface area contributed by atoms with Crippen LogP contribution in [-0.4, -0.2) is 25.3 Å². The first-order valence-electron chi connectivity index (χ1n) is 9.74. The second kappa shape index (κ2) is 8.70. The lowest BCUT2D eigenvalue weighted by Crippen LogP contribution is -1.97. The Morgan fingerprint density at radius 3 is 2.25 bits per heavy atom. The second-order valence-corrected chi connectivity index (χ2v) is 7.03. The summed E-state index contributed by atoms with van der Waals surface area (Å²) >= 11 is 0. The number of carbonyl (C=O) groups is 1. The minimum absolute atomic E-state index is 0.332. The molecule has 0 aliphatic heterocycles. The maximum Gasteiger partial charge on any atom is 0.346 e. The molecule has 0 atom stereocenters. The van der Waals surface area contributed by atoms with Crippen molar-refractivity contribution in [3.05, 3.63) is 77.9 Å². The smallest absolute Gasteiger partial charge is 0.346 e. The van der Waals surface area contributed by atoms with Gasteiger partial charge < -0.3 is 19.0 Å². The van der Waals surface area contributed by atoms with E-state index in [1.807, 2.05) is 54.6 Å². The van der Waals surface area contributed by atoms with Crippen LogP contribution in [0.25, 0.3) is 39.5 Å². The van der Waals surface area contributed by atoms with Gasteiger partial charge in [-0.1, -0.05) is 42.5 Å². The number of benzene rings is 3. The number of nitrogens with zero attached hydrogens (tertiary/aromatic N) is 1. The molecule has 6 heteroatoms. The van der Waals surface area contributed by atoms with Gasteiger partial charge in [0.15, 0.2) is 11.5 Å². The number of nitriles is 1. The van der Waals surface area contributed by atoms with Crippen LogP contribution in [-0.2, 0) is 4.79 Å². The Kier molecular flexibility index (Phi) is 5.65. The van der Waals surface area contributed by atoms with Gasteiger partial charge in [0.1, 0.15) is 23.0 Å². The van der Waals surface area contributed by atoms with Crippen LogP contribution in [0.5, 0.6) is 11.5 Å². The van der Waals surface area contributed by atoms with Gasteiger partial charge in [-0.2, -0.15) is 5.26 Å². The largest absolute Gasteiger partial charge is 0.493 e. The van der Waals surface area contributed by atoms with Crippen LogP contribution in [0.15, 0.2) is 76.7 Å². The van der Waals surface area contributed by atoms with E-state index in [0.29, 0.717) is 28.4 Å². The summed E-state index contributed by atoms with van der Waals surface area (Å²) in [5.41, 5.74) is 3.80. The highest BCUT2D eigenvalue weighted by Gasteiger charge is 2.10. The van der Waals surface area contributed by atoms with Crippen LogP contribution in [0, 0.1) is 11.3 Å². The van der Waals surface area contributed by atoms with Gasteiger partial charge in [0.2, 0.25) is 0 Å². The highest BCUT2D eigenvalue weighted by atomic mass is 16.5. The van der Waals surface area contributed by atoms with Crippen molar-refractivity contribution in [2.45, 2.75) is 0 Å². The second-order valence-electron chi connectivity index (χ2n) is 7.03. The number of rotatable bonds is 6. The van der Waals surface area contributed by atoms with Crippen molar-refractivity contribution in [2.75, 3.05) is 14.2 Å². The van der Waals surface area contributed by atoms with Gasteiger partial charge in [-0.05, 0) is 47.0 Å². The predicted octanol–water partition coefficient (Wildman–Crippen LogP) is 5.78. The van der Waals surface area contributed by atoms with E-state index >= 15 is 0 Å². The van der Waals surface area contributed by atoms with Crippen molar-refractivity contribution < 1.29 is 23.8 Å².